The van der Waals surface area contributed by atoms with Crippen molar-refractivity contribution in [3.63, 3.8) is 0 Å². The predicted octanol–water partition coefficient (Wildman–Crippen LogP) is 2.59. The van der Waals surface area contributed by atoms with Gasteiger partial charge in [0.05, 0.1) is 23.7 Å². The normalized spacial score (nSPS) is 12.1. The average Bonchev–Trinajstić information content (AvgIpc) is 3.04. The fraction of sp³-hybridized carbons (Fsp3) is 0.176. The molecule has 0 saturated heterocycles. The smallest absolute Gasteiger partial charge is 0.0861 e. The molecule has 22 heavy (non-hydrogen) atoms. The molecule has 5 nitrogen and oxygen atoms in total. The van der Waals surface area contributed by atoms with Gasteiger partial charge >= 0.3 is 0 Å². The Morgan fingerprint density at radius 2 is 1.82 bits per heavy atom. The molecule has 0 aliphatic carbocycles. The molecule has 3 rings (SSSR count). The average molecular weight is 294 g/mol. The quantitative estimate of drug-likeness (QED) is 0.759. The van der Waals surface area contributed by atoms with Crippen LogP contribution < -0.4 is 5.32 Å². The van der Waals surface area contributed by atoms with E-state index in [4.69, 9.17) is 0 Å². The first kappa shape index (κ1) is 14.3. The third-order valence-electron chi connectivity index (χ3n) is 3.55. The summed E-state index contributed by atoms with van der Waals surface area (Å²) >= 11 is 0. The van der Waals surface area contributed by atoms with Crippen molar-refractivity contribution in [3.8, 4) is 5.69 Å². The van der Waals surface area contributed by atoms with Crippen LogP contribution >= 0.6 is 0 Å². The molecule has 0 bridgehead atoms. The van der Waals surface area contributed by atoms with Crippen molar-refractivity contribution < 1.29 is 5.11 Å². The van der Waals surface area contributed by atoms with Gasteiger partial charge in [-0.05, 0) is 29.8 Å². The monoisotopic (exact) mass is 294 g/mol. The van der Waals surface area contributed by atoms with Crippen LogP contribution in [-0.4, -0.2) is 27.1 Å². The van der Waals surface area contributed by atoms with Crippen molar-refractivity contribution in [2.24, 2.45) is 0 Å². The fourth-order valence-electron chi connectivity index (χ4n) is 2.29. The summed E-state index contributed by atoms with van der Waals surface area (Å²) in [6.07, 6.45) is 1.72. The number of aliphatic hydroxyl groups is 1. The lowest BCUT2D eigenvalue weighted by molar-refractivity contribution is 0.177. The van der Waals surface area contributed by atoms with E-state index in [2.05, 4.69) is 15.6 Å². The largest absolute Gasteiger partial charge is 0.388 e. The van der Waals surface area contributed by atoms with Crippen LogP contribution in [0.4, 0.5) is 5.69 Å². The summed E-state index contributed by atoms with van der Waals surface area (Å²) in [5.74, 6) is 0. The predicted molar refractivity (Wildman–Crippen MR) is 86.0 cm³/mol. The SMILES string of the molecule is CNc1ccc(-n2cc(CC(O)c3ccccc3)nn2)cc1. The third-order valence-corrected chi connectivity index (χ3v) is 3.55. The maximum atomic E-state index is 10.2. The molecule has 112 valence electrons. The minimum atomic E-state index is -0.571. The van der Waals surface area contributed by atoms with E-state index in [1.807, 2.05) is 67.8 Å². The Bertz CT molecular complexity index is 722. The Hall–Kier alpha value is -2.66. The van der Waals surface area contributed by atoms with Gasteiger partial charge in [0.2, 0.25) is 0 Å². The van der Waals surface area contributed by atoms with Gasteiger partial charge < -0.3 is 10.4 Å². The van der Waals surface area contributed by atoms with Crippen LogP contribution in [0.15, 0.2) is 60.8 Å². The third kappa shape index (κ3) is 3.15. The second-order valence-electron chi connectivity index (χ2n) is 5.08. The molecule has 1 heterocycles. The molecule has 5 heteroatoms. The number of rotatable bonds is 5. The topological polar surface area (TPSA) is 63.0 Å². The molecule has 0 saturated carbocycles. The first-order chi connectivity index (χ1) is 10.8. The highest BCUT2D eigenvalue weighted by Crippen LogP contribution is 2.18. The maximum absolute atomic E-state index is 10.2. The highest BCUT2D eigenvalue weighted by atomic mass is 16.3. The summed E-state index contributed by atoms with van der Waals surface area (Å²) < 4.78 is 1.71. The number of benzene rings is 2. The lowest BCUT2D eigenvalue weighted by Crippen LogP contribution is -2.01. The van der Waals surface area contributed by atoms with Gasteiger partial charge in [-0.25, -0.2) is 4.68 Å². The van der Waals surface area contributed by atoms with Crippen LogP contribution in [0.5, 0.6) is 0 Å². The molecule has 0 spiro atoms. The van der Waals surface area contributed by atoms with E-state index in [1.165, 1.54) is 0 Å². The van der Waals surface area contributed by atoms with E-state index in [0.29, 0.717) is 6.42 Å². The highest BCUT2D eigenvalue weighted by Gasteiger charge is 2.11. The highest BCUT2D eigenvalue weighted by molar-refractivity contribution is 5.47. The number of hydrogen-bond acceptors (Lipinski definition) is 4. The zero-order valence-electron chi connectivity index (χ0n) is 12.3. The Kier molecular flexibility index (Phi) is 4.16. The molecule has 3 aromatic rings. The first-order valence-corrected chi connectivity index (χ1v) is 7.18. The van der Waals surface area contributed by atoms with E-state index in [9.17, 15) is 5.11 Å². The summed E-state index contributed by atoms with van der Waals surface area (Å²) in [5.41, 5.74) is 3.63. The molecule has 1 unspecified atom stereocenters. The summed E-state index contributed by atoms with van der Waals surface area (Å²) in [7, 11) is 1.88. The van der Waals surface area contributed by atoms with Crippen LogP contribution in [0.25, 0.3) is 5.69 Å². The minimum absolute atomic E-state index is 0.443. The van der Waals surface area contributed by atoms with Crippen LogP contribution in [0.3, 0.4) is 0 Å². The Labute approximate surface area is 129 Å². The Morgan fingerprint density at radius 3 is 2.50 bits per heavy atom. The Balaban J connectivity index is 1.73. The van der Waals surface area contributed by atoms with Gasteiger partial charge in [-0.15, -0.1) is 5.10 Å². The second kappa shape index (κ2) is 6.41. The van der Waals surface area contributed by atoms with E-state index in [-0.39, 0.29) is 0 Å². The van der Waals surface area contributed by atoms with E-state index in [1.54, 1.807) is 4.68 Å². The molecule has 0 aliphatic heterocycles. The van der Waals surface area contributed by atoms with Gasteiger partial charge in [0.15, 0.2) is 0 Å². The van der Waals surface area contributed by atoms with Gasteiger partial charge in [-0.2, -0.15) is 0 Å². The zero-order chi connectivity index (χ0) is 15.4. The number of aromatic nitrogens is 3. The van der Waals surface area contributed by atoms with E-state index in [0.717, 1.165) is 22.6 Å². The van der Waals surface area contributed by atoms with E-state index >= 15 is 0 Å². The van der Waals surface area contributed by atoms with Crippen molar-refractivity contribution in [1.29, 1.82) is 0 Å². The molecule has 1 atom stereocenters. The fourth-order valence-corrected chi connectivity index (χ4v) is 2.29. The van der Waals surface area contributed by atoms with Crippen molar-refractivity contribution in [1.82, 2.24) is 15.0 Å². The maximum Gasteiger partial charge on any atom is 0.0861 e. The van der Waals surface area contributed by atoms with Crippen LogP contribution in [0, 0.1) is 0 Å². The van der Waals surface area contributed by atoms with Crippen LogP contribution in [0.1, 0.15) is 17.4 Å². The minimum Gasteiger partial charge on any atom is -0.388 e. The number of hydrogen-bond donors (Lipinski definition) is 2. The van der Waals surface area contributed by atoms with Crippen molar-refractivity contribution in [3.05, 3.63) is 72.1 Å². The molecule has 2 aromatic carbocycles. The van der Waals surface area contributed by atoms with Crippen molar-refractivity contribution in [2.75, 3.05) is 12.4 Å². The number of anilines is 1. The number of nitrogens with one attached hydrogen (secondary N) is 1. The molecule has 1 aromatic heterocycles. The number of aliphatic hydroxyl groups excluding tert-OH is 1. The van der Waals surface area contributed by atoms with Crippen LogP contribution in [0.2, 0.25) is 0 Å². The van der Waals surface area contributed by atoms with Crippen molar-refractivity contribution >= 4 is 5.69 Å². The van der Waals surface area contributed by atoms with Gasteiger partial charge in [0.1, 0.15) is 0 Å². The molecule has 0 amide bonds. The van der Waals surface area contributed by atoms with Gasteiger partial charge in [0.25, 0.3) is 0 Å². The molecule has 2 N–H and O–H groups in total. The summed E-state index contributed by atoms with van der Waals surface area (Å²) in [5, 5.41) is 21.6. The summed E-state index contributed by atoms with van der Waals surface area (Å²) in [4.78, 5) is 0. The zero-order valence-corrected chi connectivity index (χ0v) is 12.3. The summed E-state index contributed by atoms with van der Waals surface area (Å²) in [6, 6.07) is 17.5. The Morgan fingerprint density at radius 1 is 1.09 bits per heavy atom. The molecule has 0 radical (unpaired) electrons. The van der Waals surface area contributed by atoms with Gasteiger partial charge in [0, 0.05) is 19.2 Å². The first-order valence-electron chi connectivity index (χ1n) is 7.18. The van der Waals surface area contributed by atoms with Gasteiger partial charge in [-0.3, -0.25) is 0 Å². The lowest BCUT2D eigenvalue weighted by Gasteiger charge is -2.08. The van der Waals surface area contributed by atoms with Crippen molar-refractivity contribution in [2.45, 2.75) is 12.5 Å². The number of nitrogens with zero attached hydrogens (tertiary/aromatic N) is 3. The van der Waals surface area contributed by atoms with Gasteiger partial charge in [-0.1, -0.05) is 35.5 Å². The standard InChI is InChI=1S/C17H18N4O/c1-18-14-7-9-16(10-8-14)21-12-15(19-20-21)11-17(22)13-5-3-2-4-6-13/h2-10,12,17-18,22H,11H2,1H3. The van der Waals surface area contributed by atoms with Crippen LogP contribution in [-0.2, 0) is 6.42 Å². The van der Waals surface area contributed by atoms with E-state index < -0.39 is 6.10 Å². The second-order valence-corrected chi connectivity index (χ2v) is 5.08. The summed E-state index contributed by atoms with van der Waals surface area (Å²) in [6.45, 7) is 0. The lowest BCUT2D eigenvalue weighted by atomic mass is 10.1. The molecular weight excluding hydrogens is 276 g/mol. The molecule has 0 aliphatic rings. The molecule has 0 fully saturated rings. The molecular formula is C17H18N4O.